The summed E-state index contributed by atoms with van der Waals surface area (Å²) in [5, 5.41) is 0. The molecule has 126 valence electrons. The molecule has 1 aliphatic carbocycles. The largest absolute Gasteiger partial charge is 0.358 e. The van der Waals surface area contributed by atoms with Crippen LogP contribution in [-0.4, -0.2) is 12.4 Å². The summed E-state index contributed by atoms with van der Waals surface area (Å²) in [6, 6.07) is 14.5. The van der Waals surface area contributed by atoms with E-state index in [9.17, 15) is 4.79 Å². The molecule has 2 aromatic carbocycles. The number of Topliss-reactive ketones (excluding diaryl/α,β-unsaturated/α-hetero) is 1. The maximum absolute atomic E-state index is 13.4. The normalized spacial score (nSPS) is 18.3. The molecule has 1 unspecified atom stereocenters. The Morgan fingerprint density at radius 2 is 1.75 bits per heavy atom. The van der Waals surface area contributed by atoms with Crippen molar-refractivity contribution in [3.63, 3.8) is 0 Å². The molecule has 1 atom stereocenters. The number of carbonyl (C=O) groups excluding carboxylic acids is 1. The van der Waals surface area contributed by atoms with Crippen LogP contribution >= 0.6 is 0 Å². The number of aryl methyl sites for hydroxylation is 1. The van der Waals surface area contributed by atoms with Crippen LogP contribution in [0.25, 0.3) is 11.1 Å². The van der Waals surface area contributed by atoms with Crippen molar-refractivity contribution >= 4 is 5.78 Å². The van der Waals surface area contributed by atoms with Crippen LogP contribution in [0.1, 0.15) is 56.2 Å². The van der Waals surface area contributed by atoms with Gasteiger partial charge in [-0.15, -0.1) is 0 Å². The van der Waals surface area contributed by atoms with E-state index >= 15 is 0 Å². The fraction of sp³-hybridized carbons (Fsp3) is 0.409. The monoisotopic (exact) mass is 322 g/mol. The molecular weight excluding hydrogens is 296 g/mol. The molecule has 3 rings (SSSR count). The second-order valence-corrected chi connectivity index (χ2v) is 6.54. The summed E-state index contributed by atoms with van der Waals surface area (Å²) in [6.45, 7) is 6.73. The smallest absolute Gasteiger partial charge is 0.177 e. The first-order valence-electron chi connectivity index (χ1n) is 9.04. The molecule has 2 heteroatoms. The SMILES string of the molecule is CCCCCC(=O)C1(OCC)c2ccccc2-c2cccc(C)c21. The zero-order valence-electron chi connectivity index (χ0n) is 14.9. The highest BCUT2D eigenvalue weighted by Gasteiger charge is 2.50. The zero-order valence-corrected chi connectivity index (χ0v) is 14.9. The average molecular weight is 322 g/mol. The van der Waals surface area contributed by atoms with Gasteiger partial charge >= 0.3 is 0 Å². The molecule has 0 amide bonds. The van der Waals surface area contributed by atoms with Gasteiger partial charge in [0.2, 0.25) is 0 Å². The Labute approximate surface area is 144 Å². The van der Waals surface area contributed by atoms with Crippen molar-refractivity contribution in [2.45, 2.75) is 52.1 Å². The van der Waals surface area contributed by atoms with Crippen molar-refractivity contribution < 1.29 is 9.53 Å². The van der Waals surface area contributed by atoms with Gasteiger partial charge < -0.3 is 4.74 Å². The molecule has 0 bridgehead atoms. The Morgan fingerprint density at radius 1 is 1.00 bits per heavy atom. The second-order valence-electron chi connectivity index (χ2n) is 6.54. The van der Waals surface area contributed by atoms with Gasteiger partial charge in [-0.25, -0.2) is 0 Å². The third kappa shape index (κ3) is 2.50. The molecule has 0 heterocycles. The van der Waals surface area contributed by atoms with Gasteiger partial charge in [-0.3, -0.25) is 4.79 Å². The van der Waals surface area contributed by atoms with Gasteiger partial charge in [0.15, 0.2) is 11.4 Å². The van der Waals surface area contributed by atoms with Crippen LogP contribution in [0.15, 0.2) is 42.5 Å². The topological polar surface area (TPSA) is 26.3 Å². The molecule has 0 fully saturated rings. The van der Waals surface area contributed by atoms with Crippen molar-refractivity contribution in [2.24, 2.45) is 0 Å². The fourth-order valence-corrected chi connectivity index (χ4v) is 3.97. The Kier molecular flexibility index (Phi) is 4.86. The molecule has 0 N–H and O–H groups in total. The third-order valence-electron chi connectivity index (χ3n) is 4.98. The standard InChI is InChI=1S/C22H26O2/c1-4-6-7-15-20(23)22(24-5-2)19-14-9-8-12-17(19)18-13-10-11-16(3)21(18)22/h8-14H,4-7,15H2,1-3H3. The first-order valence-corrected chi connectivity index (χ1v) is 9.04. The molecule has 2 aromatic rings. The average Bonchev–Trinajstić information content (AvgIpc) is 2.88. The Hall–Kier alpha value is -1.93. The van der Waals surface area contributed by atoms with Crippen molar-refractivity contribution in [3.8, 4) is 11.1 Å². The summed E-state index contributed by atoms with van der Waals surface area (Å²) in [5.74, 6) is 0.193. The van der Waals surface area contributed by atoms with Gasteiger partial charge in [-0.2, -0.15) is 0 Å². The molecule has 2 nitrogen and oxygen atoms in total. The summed E-state index contributed by atoms with van der Waals surface area (Å²) < 4.78 is 6.27. The van der Waals surface area contributed by atoms with Crippen LogP contribution in [-0.2, 0) is 15.1 Å². The van der Waals surface area contributed by atoms with E-state index in [-0.39, 0.29) is 5.78 Å². The number of hydrogen-bond acceptors (Lipinski definition) is 2. The number of carbonyl (C=O) groups is 1. The van der Waals surface area contributed by atoms with Gasteiger partial charge in [0.1, 0.15) is 0 Å². The molecule has 0 aromatic heterocycles. The molecular formula is C22H26O2. The molecule has 1 aliphatic rings. The molecule has 0 saturated carbocycles. The van der Waals surface area contributed by atoms with Gasteiger partial charge in [-0.1, -0.05) is 62.2 Å². The number of ether oxygens (including phenoxy) is 1. The van der Waals surface area contributed by atoms with E-state index in [1.807, 2.05) is 19.1 Å². The quantitative estimate of drug-likeness (QED) is 0.638. The van der Waals surface area contributed by atoms with Crippen LogP contribution in [0, 0.1) is 6.92 Å². The molecule has 0 spiro atoms. The van der Waals surface area contributed by atoms with Crippen molar-refractivity contribution in [3.05, 3.63) is 59.2 Å². The highest BCUT2D eigenvalue weighted by molar-refractivity contribution is 6.00. The van der Waals surface area contributed by atoms with Crippen LogP contribution in [0.2, 0.25) is 0 Å². The van der Waals surface area contributed by atoms with E-state index in [0.29, 0.717) is 13.0 Å². The number of hydrogen-bond donors (Lipinski definition) is 0. The zero-order chi connectivity index (χ0) is 17.2. The van der Waals surface area contributed by atoms with Gasteiger partial charge in [0.05, 0.1) is 0 Å². The lowest BCUT2D eigenvalue weighted by molar-refractivity contribution is -0.140. The second kappa shape index (κ2) is 6.90. The first kappa shape index (κ1) is 16.9. The maximum atomic E-state index is 13.4. The van der Waals surface area contributed by atoms with Crippen LogP contribution < -0.4 is 0 Å². The highest BCUT2D eigenvalue weighted by atomic mass is 16.5. The number of unbranched alkanes of at least 4 members (excludes halogenated alkanes) is 2. The van der Waals surface area contributed by atoms with E-state index in [4.69, 9.17) is 4.74 Å². The minimum atomic E-state index is -0.931. The summed E-state index contributed by atoms with van der Waals surface area (Å²) in [7, 11) is 0. The van der Waals surface area contributed by atoms with Crippen molar-refractivity contribution in [1.82, 2.24) is 0 Å². The van der Waals surface area contributed by atoms with Gasteiger partial charge in [-0.05, 0) is 37.0 Å². The molecule has 0 saturated heterocycles. The number of benzene rings is 2. The van der Waals surface area contributed by atoms with E-state index in [0.717, 1.165) is 47.1 Å². The summed E-state index contributed by atoms with van der Waals surface area (Å²) in [6.07, 6.45) is 3.68. The maximum Gasteiger partial charge on any atom is 0.177 e. The highest BCUT2D eigenvalue weighted by Crippen LogP contribution is 2.51. The molecule has 0 radical (unpaired) electrons. The fourth-order valence-electron chi connectivity index (χ4n) is 3.97. The van der Waals surface area contributed by atoms with E-state index < -0.39 is 5.60 Å². The predicted octanol–water partition coefficient (Wildman–Crippen LogP) is 5.40. The number of ketones is 1. The minimum absolute atomic E-state index is 0.193. The van der Waals surface area contributed by atoms with Crippen molar-refractivity contribution in [1.29, 1.82) is 0 Å². The van der Waals surface area contributed by atoms with Crippen LogP contribution in [0.3, 0.4) is 0 Å². The number of fused-ring (bicyclic) bond motifs is 3. The minimum Gasteiger partial charge on any atom is -0.358 e. The number of rotatable bonds is 7. The molecule has 24 heavy (non-hydrogen) atoms. The third-order valence-corrected chi connectivity index (χ3v) is 4.98. The molecule has 0 aliphatic heterocycles. The predicted molar refractivity (Wildman–Crippen MR) is 98.2 cm³/mol. The van der Waals surface area contributed by atoms with Gasteiger partial charge in [0, 0.05) is 24.2 Å². The Morgan fingerprint density at radius 3 is 2.50 bits per heavy atom. The van der Waals surface area contributed by atoms with Crippen LogP contribution in [0.5, 0.6) is 0 Å². The lowest BCUT2D eigenvalue weighted by atomic mass is 9.82. The van der Waals surface area contributed by atoms with Gasteiger partial charge in [0.25, 0.3) is 0 Å². The summed E-state index contributed by atoms with van der Waals surface area (Å²) >= 11 is 0. The van der Waals surface area contributed by atoms with Crippen LogP contribution in [0.4, 0.5) is 0 Å². The lowest BCUT2D eigenvalue weighted by Crippen LogP contribution is -2.39. The first-order chi connectivity index (χ1) is 11.7. The Bertz CT molecular complexity index is 747. The summed E-state index contributed by atoms with van der Waals surface area (Å²) in [4.78, 5) is 13.4. The lowest BCUT2D eigenvalue weighted by Gasteiger charge is -2.31. The van der Waals surface area contributed by atoms with E-state index in [1.165, 1.54) is 0 Å². The van der Waals surface area contributed by atoms with E-state index in [1.54, 1.807) is 0 Å². The van der Waals surface area contributed by atoms with Crippen molar-refractivity contribution in [2.75, 3.05) is 6.61 Å². The summed E-state index contributed by atoms with van der Waals surface area (Å²) in [5.41, 5.74) is 4.53. The van der Waals surface area contributed by atoms with E-state index in [2.05, 4.69) is 44.2 Å². The Balaban J connectivity index is 2.19.